The number of alkyl halides is 3. The summed E-state index contributed by atoms with van der Waals surface area (Å²) >= 11 is 0. The molecule has 0 spiro atoms. The first kappa shape index (κ1) is 14.8. The van der Waals surface area contributed by atoms with E-state index in [1.807, 2.05) is 6.07 Å². The molecule has 0 heterocycles. The number of rotatable bonds is 3. The zero-order valence-electron chi connectivity index (χ0n) is 10.1. The van der Waals surface area contributed by atoms with Crippen LogP contribution in [0.1, 0.15) is 29.8 Å². The largest absolute Gasteiger partial charge is 0.573 e. The number of ether oxygens (including phenoxy) is 1. The molecule has 0 amide bonds. The zero-order chi connectivity index (χ0) is 14.8. The highest BCUT2D eigenvalue weighted by molar-refractivity contribution is 5.88. The highest BCUT2D eigenvalue weighted by Crippen LogP contribution is 2.30. The Labute approximate surface area is 107 Å². The summed E-state index contributed by atoms with van der Waals surface area (Å²) in [6.07, 6.45) is -4.93. The smallest absolute Gasteiger partial charge is 0.478 e. The van der Waals surface area contributed by atoms with Gasteiger partial charge in [-0.25, -0.2) is 4.79 Å². The Hall–Kier alpha value is -2.23. The first-order chi connectivity index (χ1) is 8.55. The van der Waals surface area contributed by atoms with Crippen LogP contribution < -0.4 is 4.74 Å². The molecule has 0 fully saturated rings. The van der Waals surface area contributed by atoms with Crippen molar-refractivity contribution in [1.29, 1.82) is 5.26 Å². The van der Waals surface area contributed by atoms with Crippen LogP contribution in [0.2, 0.25) is 0 Å². The van der Waals surface area contributed by atoms with Gasteiger partial charge in [0.25, 0.3) is 0 Å². The molecule has 19 heavy (non-hydrogen) atoms. The molecular weight excluding hydrogens is 263 g/mol. The molecule has 1 N–H and O–H groups in total. The molecule has 0 saturated carbocycles. The van der Waals surface area contributed by atoms with Crippen molar-refractivity contribution in [2.75, 3.05) is 0 Å². The fourth-order valence-electron chi connectivity index (χ4n) is 1.34. The number of nitrogens with zero attached hydrogens (tertiary/aromatic N) is 1. The van der Waals surface area contributed by atoms with Crippen LogP contribution in [0.3, 0.4) is 0 Å². The maximum absolute atomic E-state index is 12.1. The third-order valence-electron chi connectivity index (χ3n) is 2.39. The molecule has 1 aromatic rings. The Morgan fingerprint density at radius 2 is 1.89 bits per heavy atom. The highest BCUT2D eigenvalue weighted by Gasteiger charge is 2.32. The number of carboxylic acids is 1. The van der Waals surface area contributed by atoms with Gasteiger partial charge in [-0.2, -0.15) is 5.26 Å². The Balaban J connectivity index is 3.35. The molecule has 0 saturated heterocycles. The van der Waals surface area contributed by atoms with Gasteiger partial charge in [0.05, 0.1) is 17.0 Å². The zero-order valence-corrected chi connectivity index (χ0v) is 10.1. The van der Waals surface area contributed by atoms with Crippen LogP contribution in [0.15, 0.2) is 18.2 Å². The van der Waals surface area contributed by atoms with E-state index in [-0.39, 0.29) is 11.1 Å². The van der Waals surface area contributed by atoms with Gasteiger partial charge < -0.3 is 9.84 Å². The fraction of sp³-hybridized carbons (Fsp3) is 0.333. The summed E-state index contributed by atoms with van der Waals surface area (Å²) in [6.45, 7) is 2.93. The summed E-state index contributed by atoms with van der Waals surface area (Å²) in [7, 11) is 0. The molecule has 0 bridgehead atoms. The van der Waals surface area contributed by atoms with Gasteiger partial charge >= 0.3 is 12.3 Å². The average Bonchev–Trinajstić information content (AvgIpc) is 2.26. The number of hydrogen-bond donors (Lipinski definition) is 1. The number of hydrogen-bond acceptors (Lipinski definition) is 3. The third-order valence-corrected chi connectivity index (χ3v) is 2.39. The first-order valence-corrected chi connectivity index (χ1v) is 5.11. The summed E-state index contributed by atoms with van der Waals surface area (Å²) in [5, 5.41) is 17.8. The third kappa shape index (κ3) is 3.88. The van der Waals surface area contributed by atoms with Gasteiger partial charge in [0, 0.05) is 0 Å². The Kier molecular flexibility index (Phi) is 3.75. The van der Waals surface area contributed by atoms with E-state index in [0.717, 1.165) is 18.2 Å². The highest BCUT2D eigenvalue weighted by atomic mass is 19.4. The summed E-state index contributed by atoms with van der Waals surface area (Å²) in [5.41, 5.74) is -1.37. The molecular formula is C12H10F3NO3. The quantitative estimate of drug-likeness (QED) is 0.918. The molecule has 0 aliphatic carbocycles. The van der Waals surface area contributed by atoms with Crippen LogP contribution >= 0.6 is 0 Å². The van der Waals surface area contributed by atoms with Crippen molar-refractivity contribution in [1.82, 2.24) is 0 Å². The van der Waals surface area contributed by atoms with Crippen LogP contribution in [0.5, 0.6) is 5.75 Å². The second-order valence-electron chi connectivity index (χ2n) is 4.34. The van der Waals surface area contributed by atoms with Crippen LogP contribution in [-0.4, -0.2) is 17.4 Å². The lowest BCUT2D eigenvalue weighted by molar-refractivity contribution is -0.274. The predicted molar refractivity (Wildman–Crippen MR) is 58.7 cm³/mol. The lowest BCUT2D eigenvalue weighted by Crippen LogP contribution is -2.19. The molecule has 102 valence electrons. The fourth-order valence-corrected chi connectivity index (χ4v) is 1.34. The summed E-state index contributed by atoms with van der Waals surface area (Å²) < 4.78 is 40.1. The maximum Gasteiger partial charge on any atom is 0.573 e. The summed E-state index contributed by atoms with van der Waals surface area (Å²) in [5.74, 6) is -2.06. The van der Waals surface area contributed by atoms with Crippen molar-refractivity contribution in [2.45, 2.75) is 25.6 Å². The lowest BCUT2D eigenvalue weighted by atomic mass is 9.85. The molecule has 7 heteroatoms. The topological polar surface area (TPSA) is 70.3 Å². The number of nitriles is 1. The van der Waals surface area contributed by atoms with E-state index in [2.05, 4.69) is 4.74 Å². The molecule has 1 rings (SSSR count). The lowest BCUT2D eigenvalue weighted by Gasteiger charge is -2.18. The van der Waals surface area contributed by atoms with Crippen LogP contribution in [-0.2, 0) is 5.41 Å². The van der Waals surface area contributed by atoms with Crippen molar-refractivity contribution >= 4 is 5.97 Å². The second kappa shape index (κ2) is 4.80. The average molecular weight is 273 g/mol. The standard InChI is InChI=1S/C12H10F3NO3/c1-11(2,6-16)8-3-7(10(17)18)4-9(5-8)19-12(13,14)15/h3-5H,1-2H3,(H,17,18). The number of benzene rings is 1. The molecule has 0 atom stereocenters. The number of halogens is 3. The molecule has 0 aliphatic heterocycles. The minimum Gasteiger partial charge on any atom is -0.478 e. The van der Waals surface area contributed by atoms with Gasteiger partial charge in [-0.3, -0.25) is 0 Å². The molecule has 0 aromatic heterocycles. The van der Waals surface area contributed by atoms with E-state index >= 15 is 0 Å². The van der Waals surface area contributed by atoms with Gasteiger partial charge in [-0.15, -0.1) is 13.2 Å². The van der Waals surface area contributed by atoms with Crippen molar-refractivity contribution in [3.8, 4) is 11.8 Å². The normalized spacial score (nSPS) is 11.8. The van der Waals surface area contributed by atoms with E-state index in [4.69, 9.17) is 10.4 Å². The number of carbonyl (C=O) groups is 1. The van der Waals surface area contributed by atoms with Crippen molar-refractivity contribution in [2.24, 2.45) is 0 Å². The minimum atomic E-state index is -4.93. The van der Waals surface area contributed by atoms with Crippen LogP contribution in [0, 0.1) is 11.3 Å². The van der Waals surface area contributed by atoms with E-state index in [1.54, 1.807) is 0 Å². The van der Waals surface area contributed by atoms with Crippen LogP contribution in [0.4, 0.5) is 13.2 Å². The summed E-state index contributed by atoms with van der Waals surface area (Å²) in [4.78, 5) is 10.9. The first-order valence-electron chi connectivity index (χ1n) is 5.11. The molecule has 0 aliphatic rings. The van der Waals surface area contributed by atoms with Gasteiger partial charge in [-0.1, -0.05) is 0 Å². The molecule has 0 unspecified atom stereocenters. The Bertz CT molecular complexity index is 544. The van der Waals surface area contributed by atoms with Crippen molar-refractivity contribution < 1.29 is 27.8 Å². The van der Waals surface area contributed by atoms with E-state index in [9.17, 15) is 18.0 Å². The number of carboxylic acid groups (broad SMARTS) is 1. The van der Waals surface area contributed by atoms with Crippen molar-refractivity contribution in [3.05, 3.63) is 29.3 Å². The van der Waals surface area contributed by atoms with E-state index < -0.39 is 23.5 Å². The van der Waals surface area contributed by atoms with Gasteiger partial charge in [0.1, 0.15) is 5.75 Å². The van der Waals surface area contributed by atoms with Crippen molar-refractivity contribution in [3.63, 3.8) is 0 Å². The predicted octanol–water partition coefficient (Wildman–Crippen LogP) is 3.08. The molecule has 0 radical (unpaired) electrons. The SMILES string of the molecule is CC(C)(C#N)c1cc(OC(F)(F)F)cc(C(=O)O)c1. The van der Waals surface area contributed by atoms with Crippen LogP contribution in [0.25, 0.3) is 0 Å². The summed E-state index contributed by atoms with van der Waals surface area (Å²) in [6, 6.07) is 4.79. The van der Waals surface area contributed by atoms with E-state index in [1.165, 1.54) is 13.8 Å². The van der Waals surface area contributed by atoms with E-state index in [0.29, 0.717) is 0 Å². The minimum absolute atomic E-state index is 0.133. The molecule has 4 nitrogen and oxygen atoms in total. The monoisotopic (exact) mass is 273 g/mol. The van der Waals surface area contributed by atoms with Gasteiger partial charge in [0.2, 0.25) is 0 Å². The second-order valence-corrected chi connectivity index (χ2v) is 4.34. The van der Waals surface area contributed by atoms with Gasteiger partial charge in [0.15, 0.2) is 0 Å². The number of aromatic carboxylic acids is 1. The Morgan fingerprint density at radius 1 is 1.32 bits per heavy atom. The molecule has 1 aromatic carbocycles. The Morgan fingerprint density at radius 3 is 2.32 bits per heavy atom. The van der Waals surface area contributed by atoms with Gasteiger partial charge in [-0.05, 0) is 37.6 Å². The maximum atomic E-state index is 12.1.